The number of rotatable bonds is 6. The zero-order valence-corrected chi connectivity index (χ0v) is 24.6. The van der Waals surface area contributed by atoms with Gasteiger partial charge in [0.25, 0.3) is 0 Å². The van der Waals surface area contributed by atoms with Crippen LogP contribution < -0.4 is 10.6 Å². The van der Waals surface area contributed by atoms with Gasteiger partial charge >= 0.3 is 18.0 Å². The number of amides is 2. The van der Waals surface area contributed by atoms with Crippen LogP contribution in [-0.4, -0.2) is 59.9 Å². The average Bonchev–Trinajstić information content (AvgIpc) is 2.93. The monoisotopic (exact) mass is 574 g/mol. The van der Waals surface area contributed by atoms with Crippen molar-refractivity contribution in [2.24, 2.45) is 11.3 Å². The Morgan fingerprint density at radius 1 is 1.05 bits per heavy atom. The summed E-state index contributed by atoms with van der Waals surface area (Å²) < 4.78 is 16.4. The number of nitrogens with one attached hydrogen (secondary N) is 2. The number of carbonyl (C=O) groups excluding carboxylic acids is 4. The van der Waals surface area contributed by atoms with E-state index in [1.165, 1.54) is 0 Å². The van der Waals surface area contributed by atoms with Gasteiger partial charge in [0, 0.05) is 12.8 Å². The second-order valence-electron chi connectivity index (χ2n) is 12.4. The van der Waals surface area contributed by atoms with Crippen LogP contribution in [0.3, 0.4) is 0 Å². The van der Waals surface area contributed by atoms with Crippen LogP contribution in [0.25, 0.3) is 0 Å². The molecule has 228 valence electrons. The van der Waals surface area contributed by atoms with Crippen LogP contribution >= 0.6 is 0 Å². The predicted octanol–water partition coefficient (Wildman–Crippen LogP) is 4.17. The van der Waals surface area contributed by atoms with Gasteiger partial charge in [0.2, 0.25) is 5.91 Å². The van der Waals surface area contributed by atoms with Crippen LogP contribution in [0.4, 0.5) is 4.79 Å². The van der Waals surface area contributed by atoms with E-state index in [0.717, 1.165) is 37.7 Å². The number of carbonyl (C=O) groups is 4. The first kappa shape index (κ1) is 32.4. The third kappa shape index (κ3) is 11.7. The fourth-order valence-corrected chi connectivity index (χ4v) is 5.43. The summed E-state index contributed by atoms with van der Waals surface area (Å²) in [5.41, 5.74) is 0.598. The lowest BCUT2D eigenvalue weighted by Crippen LogP contribution is -2.55. The van der Waals surface area contributed by atoms with Crippen LogP contribution in [0, 0.1) is 11.3 Å². The van der Waals surface area contributed by atoms with Gasteiger partial charge in [0.15, 0.2) is 6.10 Å². The molecule has 0 bridgehead atoms. The zero-order chi connectivity index (χ0) is 29.8. The quantitative estimate of drug-likeness (QED) is 0.340. The lowest BCUT2D eigenvalue weighted by atomic mass is 9.83. The largest absolute Gasteiger partial charge is 0.466 e. The Labute approximate surface area is 242 Å². The van der Waals surface area contributed by atoms with Gasteiger partial charge in [-0.1, -0.05) is 83.2 Å². The Hall–Kier alpha value is -3.14. The molecule has 10 nitrogen and oxygen atoms in total. The minimum atomic E-state index is -1.59. The van der Waals surface area contributed by atoms with E-state index < -0.39 is 48.2 Å². The Morgan fingerprint density at radius 2 is 1.76 bits per heavy atom. The van der Waals surface area contributed by atoms with Gasteiger partial charge in [-0.15, -0.1) is 0 Å². The highest BCUT2D eigenvalue weighted by molar-refractivity contribution is 5.86. The van der Waals surface area contributed by atoms with Crippen molar-refractivity contribution in [2.75, 3.05) is 6.61 Å². The maximum absolute atomic E-state index is 13.4. The fraction of sp³-hybridized carbons (Fsp3) is 0.677. The van der Waals surface area contributed by atoms with Gasteiger partial charge in [-0.05, 0) is 36.2 Å². The molecule has 41 heavy (non-hydrogen) atoms. The van der Waals surface area contributed by atoms with Gasteiger partial charge in [-0.3, -0.25) is 9.59 Å². The minimum absolute atomic E-state index is 0.000119. The summed E-state index contributed by atoms with van der Waals surface area (Å²) in [7, 11) is 0. The molecule has 0 radical (unpaired) electrons. The molecule has 2 amide bonds. The Morgan fingerprint density at radius 3 is 2.44 bits per heavy atom. The van der Waals surface area contributed by atoms with Gasteiger partial charge in [0.1, 0.15) is 18.8 Å². The smallest absolute Gasteiger partial charge is 0.408 e. The number of ether oxygens (including phenoxy) is 3. The first-order chi connectivity index (χ1) is 19.5. The molecule has 1 aromatic rings. The van der Waals surface area contributed by atoms with Crippen molar-refractivity contribution in [3.05, 3.63) is 35.9 Å². The molecule has 1 aromatic carbocycles. The highest BCUT2D eigenvalue weighted by atomic mass is 16.6. The van der Waals surface area contributed by atoms with Crippen LogP contribution in [0.15, 0.2) is 30.3 Å². The fourth-order valence-electron chi connectivity index (χ4n) is 5.43. The summed E-state index contributed by atoms with van der Waals surface area (Å²) in [6.07, 6.45) is 3.33. The number of hydrogen-bond acceptors (Lipinski definition) is 8. The van der Waals surface area contributed by atoms with Gasteiger partial charge in [-0.2, -0.15) is 0 Å². The Kier molecular flexibility index (Phi) is 12.4. The predicted molar refractivity (Wildman–Crippen MR) is 151 cm³/mol. The topological polar surface area (TPSA) is 140 Å². The minimum Gasteiger partial charge on any atom is -0.466 e. The molecular formula is C31H46N2O8. The molecule has 2 fully saturated rings. The van der Waals surface area contributed by atoms with Crippen LogP contribution in [0.2, 0.25) is 0 Å². The van der Waals surface area contributed by atoms with Crippen molar-refractivity contribution in [1.29, 1.82) is 0 Å². The first-order valence-corrected chi connectivity index (χ1v) is 14.8. The van der Waals surface area contributed by atoms with Crippen LogP contribution in [0.5, 0.6) is 0 Å². The van der Waals surface area contributed by atoms with Crippen molar-refractivity contribution in [3.8, 4) is 0 Å². The molecule has 1 aliphatic heterocycles. The molecule has 4 atom stereocenters. The molecule has 1 unspecified atom stereocenters. The molecular weight excluding hydrogens is 528 g/mol. The molecule has 1 aliphatic carbocycles. The van der Waals surface area contributed by atoms with E-state index >= 15 is 0 Å². The third-order valence-electron chi connectivity index (χ3n) is 7.55. The molecule has 2 aliphatic rings. The number of aliphatic hydroxyl groups is 1. The number of hydrogen-bond donors (Lipinski definition) is 3. The SMILES string of the molecule is CC(C)(C)CC1CCC(=O)OCC[C@H](NC(=O)OCc2ccccc2)C(=O)N[C@@H](CC2CCCCC2)[C@@H](O)C(=O)O1. The Balaban J connectivity index is 1.76. The standard InChI is InChI=1S/C31H46N2O8/c1-31(2,3)19-23-14-15-26(34)39-17-16-24(33-30(38)40-20-22-12-8-5-9-13-22)28(36)32-25(27(35)29(37)41-23)18-21-10-6-4-7-11-21/h5,8-9,12-13,21,23-25,27,35H,4,6-7,10-11,14-20H2,1-3H3,(H,32,36)(H,33,38)/t23?,24-,25-,27+/m0/s1. The number of aliphatic hydroxyl groups excluding tert-OH is 1. The number of alkyl carbamates (subject to hydrolysis) is 1. The average molecular weight is 575 g/mol. The van der Waals surface area contributed by atoms with Crippen LogP contribution in [-0.2, 0) is 35.2 Å². The molecule has 3 rings (SSSR count). The van der Waals surface area contributed by atoms with Crippen molar-refractivity contribution < 1.29 is 38.5 Å². The molecule has 3 N–H and O–H groups in total. The highest BCUT2D eigenvalue weighted by Crippen LogP contribution is 2.29. The van der Waals surface area contributed by atoms with E-state index in [9.17, 15) is 24.3 Å². The maximum atomic E-state index is 13.4. The number of esters is 2. The maximum Gasteiger partial charge on any atom is 0.408 e. The molecule has 0 aromatic heterocycles. The summed E-state index contributed by atoms with van der Waals surface area (Å²) >= 11 is 0. The normalized spacial score (nSPS) is 25.7. The summed E-state index contributed by atoms with van der Waals surface area (Å²) in [5, 5.41) is 16.5. The summed E-state index contributed by atoms with van der Waals surface area (Å²) in [6, 6.07) is 7.10. The molecule has 1 saturated heterocycles. The molecule has 1 heterocycles. The van der Waals surface area contributed by atoms with E-state index in [-0.39, 0.29) is 43.8 Å². The van der Waals surface area contributed by atoms with Crippen molar-refractivity contribution in [1.82, 2.24) is 10.6 Å². The second-order valence-corrected chi connectivity index (χ2v) is 12.4. The van der Waals surface area contributed by atoms with Crippen molar-refractivity contribution >= 4 is 23.9 Å². The first-order valence-electron chi connectivity index (χ1n) is 14.8. The van der Waals surface area contributed by atoms with E-state index in [0.29, 0.717) is 12.8 Å². The molecule has 1 saturated carbocycles. The lowest BCUT2D eigenvalue weighted by molar-refractivity contribution is -0.164. The number of cyclic esters (lactones) is 2. The summed E-state index contributed by atoms with van der Waals surface area (Å²) in [6.45, 7) is 5.93. The van der Waals surface area contributed by atoms with E-state index in [4.69, 9.17) is 14.2 Å². The molecule has 0 spiro atoms. The third-order valence-corrected chi connectivity index (χ3v) is 7.55. The van der Waals surface area contributed by atoms with Crippen molar-refractivity contribution in [2.45, 2.75) is 116 Å². The molecule has 10 heteroatoms. The van der Waals surface area contributed by atoms with Gasteiger partial charge in [0.05, 0.1) is 12.6 Å². The van der Waals surface area contributed by atoms with Crippen LogP contribution in [0.1, 0.15) is 90.5 Å². The van der Waals surface area contributed by atoms with E-state index in [1.54, 1.807) is 0 Å². The zero-order valence-electron chi connectivity index (χ0n) is 24.6. The van der Waals surface area contributed by atoms with Gasteiger partial charge < -0.3 is 30.0 Å². The van der Waals surface area contributed by atoms with Gasteiger partial charge in [-0.25, -0.2) is 9.59 Å². The second kappa shape index (κ2) is 15.7. The van der Waals surface area contributed by atoms with E-state index in [2.05, 4.69) is 10.6 Å². The summed E-state index contributed by atoms with van der Waals surface area (Å²) in [4.78, 5) is 51.6. The number of benzene rings is 1. The Bertz CT molecular complexity index is 1000. The summed E-state index contributed by atoms with van der Waals surface area (Å²) in [5.74, 6) is -1.70. The van der Waals surface area contributed by atoms with Crippen molar-refractivity contribution in [3.63, 3.8) is 0 Å². The van der Waals surface area contributed by atoms with E-state index in [1.807, 2.05) is 51.1 Å². The lowest BCUT2D eigenvalue weighted by Gasteiger charge is -2.32. The highest BCUT2D eigenvalue weighted by Gasteiger charge is 2.36.